The van der Waals surface area contributed by atoms with E-state index in [1.165, 1.54) is 0 Å². The highest BCUT2D eigenvalue weighted by Gasteiger charge is 2.45. The van der Waals surface area contributed by atoms with Crippen LogP contribution in [-0.2, 0) is 4.79 Å². The molecule has 64 valence electrons. The molecule has 0 aromatic carbocycles. The van der Waals surface area contributed by atoms with Gasteiger partial charge >= 0.3 is 0 Å². The molecule has 0 bridgehead atoms. The maximum absolute atomic E-state index is 11.1. The van der Waals surface area contributed by atoms with Gasteiger partial charge in [0.2, 0.25) is 5.91 Å². The van der Waals surface area contributed by atoms with Gasteiger partial charge in [-0.1, -0.05) is 6.92 Å². The number of carbonyl (C=O) groups excluding carboxylic acids is 1. The van der Waals surface area contributed by atoms with Gasteiger partial charge in [-0.3, -0.25) is 9.69 Å². The first kappa shape index (κ1) is 8.53. The third-order valence-electron chi connectivity index (χ3n) is 3.15. The minimum Gasteiger partial charge on any atom is -0.368 e. The van der Waals surface area contributed by atoms with Crippen LogP contribution in [0.15, 0.2) is 0 Å². The fraction of sp³-hybridized carbons (Fsp3) is 0.875. The predicted octanol–water partition coefficient (Wildman–Crippen LogP) is 0.202. The summed E-state index contributed by atoms with van der Waals surface area (Å²) in [4.78, 5) is 13.2. The molecule has 0 radical (unpaired) electrons. The zero-order valence-electron chi connectivity index (χ0n) is 7.42. The summed E-state index contributed by atoms with van der Waals surface area (Å²) in [6.45, 7) is 4.97. The van der Waals surface area contributed by atoms with Crippen LogP contribution in [0.3, 0.4) is 0 Å². The molecule has 0 spiro atoms. The summed E-state index contributed by atoms with van der Waals surface area (Å²) in [6.07, 6.45) is 1.07. The molecule has 1 aliphatic heterocycles. The summed E-state index contributed by atoms with van der Waals surface area (Å²) in [5.74, 6) is 0.176. The SMILES string of the molecule is CC1CCN(C)[C@@]1(C)C(N)=O. The minimum atomic E-state index is -0.417. The second-order valence-corrected chi connectivity index (χ2v) is 3.62. The van der Waals surface area contributed by atoms with E-state index in [0.29, 0.717) is 5.92 Å². The Morgan fingerprint density at radius 3 is 2.45 bits per heavy atom. The van der Waals surface area contributed by atoms with E-state index in [4.69, 9.17) is 5.73 Å². The lowest BCUT2D eigenvalue weighted by atomic mass is 9.88. The summed E-state index contributed by atoms with van der Waals surface area (Å²) < 4.78 is 0. The van der Waals surface area contributed by atoms with Gasteiger partial charge in [0.25, 0.3) is 0 Å². The number of hydrogen-bond donors (Lipinski definition) is 1. The third kappa shape index (κ3) is 1.03. The normalized spacial score (nSPS) is 39.4. The molecule has 0 aromatic rings. The lowest BCUT2D eigenvalue weighted by Crippen LogP contribution is -2.53. The minimum absolute atomic E-state index is 0.204. The molecule has 1 aliphatic rings. The summed E-state index contributed by atoms with van der Waals surface area (Å²) in [6, 6.07) is 0. The highest BCUT2D eigenvalue weighted by atomic mass is 16.1. The molecule has 1 fully saturated rings. The first-order chi connectivity index (χ1) is 4.99. The molecule has 2 atom stereocenters. The number of amides is 1. The average molecular weight is 156 g/mol. The highest BCUT2D eigenvalue weighted by molar-refractivity contribution is 5.84. The molecule has 0 aromatic heterocycles. The Hall–Kier alpha value is -0.570. The third-order valence-corrected chi connectivity index (χ3v) is 3.15. The van der Waals surface area contributed by atoms with Crippen LogP contribution in [0, 0.1) is 5.92 Å². The van der Waals surface area contributed by atoms with Crippen molar-refractivity contribution in [2.45, 2.75) is 25.8 Å². The molecule has 1 heterocycles. The van der Waals surface area contributed by atoms with Crippen molar-refractivity contribution in [3.8, 4) is 0 Å². The standard InChI is InChI=1S/C8H16N2O/c1-6-4-5-10(3)8(6,2)7(9)11/h6H,4-5H2,1-3H3,(H2,9,11)/t6?,8-/m1/s1. The number of likely N-dealkylation sites (tertiary alicyclic amines) is 1. The Balaban J connectivity index is 2.88. The molecule has 1 rings (SSSR count). The maximum Gasteiger partial charge on any atom is 0.237 e. The van der Waals surface area contributed by atoms with Crippen LogP contribution < -0.4 is 5.73 Å². The molecule has 3 heteroatoms. The zero-order valence-corrected chi connectivity index (χ0v) is 7.42. The number of likely N-dealkylation sites (N-methyl/N-ethyl adjacent to an activating group) is 1. The van der Waals surface area contributed by atoms with Crippen molar-refractivity contribution >= 4 is 5.91 Å². The van der Waals surface area contributed by atoms with Crippen LogP contribution in [0.4, 0.5) is 0 Å². The van der Waals surface area contributed by atoms with Crippen LogP contribution in [0.5, 0.6) is 0 Å². The molecular weight excluding hydrogens is 140 g/mol. The average Bonchev–Trinajstić information content (AvgIpc) is 2.18. The van der Waals surface area contributed by atoms with Crippen LogP contribution in [0.2, 0.25) is 0 Å². The first-order valence-electron chi connectivity index (χ1n) is 4.00. The maximum atomic E-state index is 11.1. The van der Waals surface area contributed by atoms with Gasteiger partial charge < -0.3 is 5.73 Å². The predicted molar refractivity (Wildman–Crippen MR) is 44.0 cm³/mol. The van der Waals surface area contributed by atoms with Crippen molar-refractivity contribution in [2.75, 3.05) is 13.6 Å². The Morgan fingerprint density at radius 1 is 1.73 bits per heavy atom. The van der Waals surface area contributed by atoms with Crippen molar-refractivity contribution in [1.29, 1.82) is 0 Å². The molecule has 1 unspecified atom stereocenters. The Morgan fingerprint density at radius 2 is 2.27 bits per heavy atom. The van der Waals surface area contributed by atoms with Gasteiger partial charge in [0.15, 0.2) is 0 Å². The number of carbonyl (C=O) groups is 1. The van der Waals surface area contributed by atoms with E-state index in [-0.39, 0.29) is 5.91 Å². The van der Waals surface area contributed by atoms with Crippen LogP contribution in [0.25, 0.3) is 0 Å². The number of rotatable bonds is 1. The lowest BCUT2D eigenvalue weighted by Gasteiger charge is -2.32. The highest BCUT2D eigenvalue weighted by Crippen LogP contribution is 2.32. The fourth-order valence-electron chi connectivity index (χ4n) is 1.71. The molecular formula is C8H16N2O. The summed E-state index contributed by atoms with van der Waals surface area (Å²) in [5, 5.41) is 0. The van der Waals surface area contributed by atoms with Gasteiger partial charge in [0.1, 0.15) is 0 Å². The molecule has 2 N–H and O–H groups in total. The smallest absolute Gasteiger partial charge is 0.237 e. The van der Waals surface area contributed by atoms with Crippen molar-refractivity contribution in [1.82, 2.24) is 4.90 Å². The van der Waals surface area contributed by atoms with Crippen molar-refractivity contribution in [2.24, 2.45) is 11.7 Å². The van der Waals surface area contributed by atoms with Crippen LogP contribution in [0.1, 0.15) is 20.3 Å². The second kappa shape index (κ2) is 2.48. The van der Waals surface area contributed by atoms with E-state index in [0.717, 1.165) is 13.0 Å². The quantitative estimate of drug-likeness (QED) is 0.589. The van der Waals surface area contributed by atoms with Gasteiger partial charge in [0.05, 0.1) is 5.54 Å². The van der Waals surface area contributed by atoms with Gasteiger partial charge in [-0.15, -0.1) is 0 Å². The van der Waals surface area contributed by atoms with E-state index in [2.05, 4.69) is 6.92 Å². The van der Waals surface area contributed by atoms with Crippen LogP contribution >= 0.6 is 0 Å². The van der Waals surface area contributed by atoms with Crippen molar-refractivity contribution < 1.29 is 4.79 Å². The number of nitrogens with two attached hydrogens (primary N) is 1. The van der Waals surface area contributed by atoms with Gasteiger partial charge in [-0.25, -0.2) is 0 Å². The van der Waals surface area contributed by atoms with Gasteiger partial charge in [-0.2, -0.15) is 0 Å². The Bertz CT molecular complexity index is 169. The van der Waals surface area contributed by atoms with Gasteiger partial charge in [-0.05, 0) is 32.9 Å². The Kier molecular flexibility index (Phi) is 1.92. The number of primary amides is 1. The fourth-order valence-corrected chi connectivity index (χ4v) is 1.71. The van der Waals surface area contributed by atoms with Gasteiger partial charge in [0, 0.05) is 0 Å². The number of hydrogen-bond acceptors (Lipinski definition) is 2. The van der Waals surface area contributed by atoms with Crippen molar-refractivity contribution in [3.63, 3.8) is 0 Å². The molecule has 1 amide bonds. The number of nitrogens with zero attached hydrogens (tertiary/aromatic N) is 1. The van der Waals surface area contributed by atoms with E-state index in [1.807, 2.05) is 18.9 Å². The lowest BCUT2D eigenvalue weighted by molar-refractivity contribution is -0.128. The monoisotopic (exact) mass is 156 g/mol. The zero-order chi connectivity index (χ0) is 8.65. The van der Waals surface area contributed by atoms with Crippen molar-refractivity contribution in [3.05, 3.63) is 0 Å². The Labute approximate surface area is 67.5 Å². The molecule has 3 nitrogen and oxygen atoms in total. The van der Waals surface area contributed by atoms with E-state index in [1.54, 1.807) is 0 Å². The van der Waals surface area contributed by atoms with E-state index < -0.39 is 5.54 Å². The summed E-state index contributed by atoms with van der Waals surface area (Å²) in [5.41, 5.74) is 4.92. The molecule has 0 saturated carbocycles. The second-order valence-electron chi connectivity index (χ2n) is 3.62. The molecule has 11 heavy (non-hydrogen) atoms. The van der Waals surface area contributed by atoms with Crippen LogP contribution in [-0.4, -0.2) is 29.9 Å². The summed E-state index contributed by atoms with van der Waals surface area (Å²) in [7, 11) is 1.95. The topological polar surface area (TPSA) is 46.3 Å². The first-order valence-corrected chi connectivity index (χ1v) is 4.00. The molecule has 1 saturated heterocycles. The molecule has 0 aliphatic carbocycles. The van der Waals surface area contributed by atoms with E-state index in [9.17, 15) is 4.79 Å². The largest absolute Gasteiger partial charge is 0.368 e. The van der Waals surface area contributed by atoms with E-state index >= 15 is 0 Å². The summed E-state index contributed by atoms with van der Waals surface area (Å²) >= 11 is 0.